The third-order valence-corrected chi connectivity index (χ3v) is 12.4. The molecule has 1 heterocycles. The molecule has 1 aromatic heterocycles. The van der Waals surface area contributed by atoms with E-state index in [1.807, 2.05) is 0 Å². The Morgan fingerprint density at radius 2 is 1.17 bits per heavy atom. The van der Waals surface area contributed by atoms with Crippen LogP contribution in [0, 0.1) is 5.92 Å². The molecule has 8 aromatic rings. The van der Waals surface area contributed by atoms with Gasteiger partial charge in [0.2, 0.25) is 0 Å². The number of hydrogen-bond acceptors (Lipinski definition) is 0. The van der Waals surface area contributed by atoms with Crippen molar-refractivity contribution < 1.29 is 0 Å². The third-order valence-electron chi connectivity index (χ3n) is 11.4. The minimum absolute atomic E-state index is 0.446. The van der Waals surface area contributed by atoms with Crippen molar-refractivity contribution in [3.63, 3.8) is 0 Å². The van der Waals surface area contributed by atoms with Gasteiger partial charge in [-0.25, -0.2) is 0 Å². The molecule has 0 spiro atoms. The number of para-hydroxylation sites is 1. The zero-order valence-corrected chi connectivity index (χ0v) is 30.5. The molecule has 52 heavy (non-hydrogen) atoms. The van der Waals surface area contributed by atoms with E-state index in [4.69, 9.17) is 0 Å². The number of allylic oxidation sites excluding steroid dienone is 4. The molecule has 0 saturated heterocycles. The second-order valence-corrected chi connectivity index (χ2v) is 15.2. The zero-order valence-electron chi connectivity index (χ0n) is 28.9. The second-order valence-electron chi connectivity index (χ2n) is 14.2. The Hall–Kier alpha value is -5.70. The van der Waals surface area contributed by atoms with Crippen LogP contribution in [0.2, 0.25) is 0 Å². The molecule has 7 aromatic carbocycles. The van der Waals surface area contributed by atoms with E-state index in [9.17, 15) is 0 Å². The fraction of sp³-hybridized carbons (Fsp3) is 0.0800. The first kappa shape index (κ1) is 31.1. The van der Waals surface area contributed by atoms with Gasteiger partial charge in [0.15, 0.2) is 0 Å². The molecule has 0 radical (unpaired) electrons. The lowest BCUT2D eigenvalue weighted by atomic mass is 9.68. The molecule has 0 bridgehead atoms. The highest BCUT2D eigenvalue weighted by molar-refractivity contribution is 9.11. The predicted molar refractivity (Wildman–Crippen MR) is 222 cm³/mol. The van der Waals surface area contributed by atoms with Gasteiger partial charge in [-0.2, -0.15) is 0 Å². The molecule has 0 amide bonds. The van der Waals surface area contributed by atoms with Crippen LogP contribution in [0.5, 0.6) is 0 Å². The summed E-state index contributed by atoms with van der Waals surface area (Å²) in [5.41, 5.74) is 16.1. The van der Waals surface area contributed by atoms with Gasteiger partial charge in [0.05, 0.1) is 22.1 Å². The lowest BCUT2D eigenvalue weighted by molar-refractivity contribution is 0.739. The lowest BCUT2D eigenvalue weighted by Gasteiger charge is -2.34. The first-order valence-corrected chi connectivity index (χ1v) is 19.0. The highest BCUT2D eigenvalue weighted by atomic mass is 79.9. The van der Waals surface area contributed by atoms with Gasteiger partial charge in [-0.3, -0.25) is 0 Å². The Bertz CT molecular complexity index is 2690. The van der Waals surface area contributed by atoms with Gasteiger partial charge in [0, 0.05) is 16.3 Å². The smallest absolute Gasteiger partial charge is 0.0714 e. The molecule has 1 unspecified atom stereocenters. The van der Waals surface area contributed by atoms with Crippen molar-refractivity contribution in [2.45, 2.75) is 18.8 Å². The summed E-state index contributed by atoms with van der Waals surface area (Å²) in [4.78, 5) is 0. The molecule has 10 rings (SSSR count). The number of fused-ring (bicyclic) bond motifs is 6. The zero-order chi connectivity index (χ0) is 34.8. The van der Waals surface area contributed by atoms with Crippen LogP contribution in [-0.2, 0) is 5.41 Å². The minimum Gasteiger partial charge on any atom is -0.309 e. The van der Waals surface area contributed by atoms with Gasteiger partial charge in [-0.15, -0.1) is 0 Å². The van der Waals surface area contributed by atoms with Crippen LogP contribution in [0.3, 0.4) is 0 Å². The molecule has 2 aliphatic rings. The van der Waals surface area contributed by atoms with Crippen molar-refractivity contribution in [3.05, 3.63) is 214 Å². The lowest BCUT2D eigenvalue weighted by Crippen LogP contribution is -2.28. The molecule has 2 aliphatic carbocycles. The number of nitrogens with zero attached hydrogens (tertiary/aromatic N) is 1. The predicted octanol–water partition coefficient (Wildman–Crippen LogP) is 13.5. The van der Waals surface area contributed by atoms with Crippen LogP contribution in [0.1, 0.15) is 41.2 Å². The van der Waals surface area contributed by atoms with E-state index in [0.29, 0.717) is 5.92 Å². The molecule has 248 valence electrons. The van der Waals surface area contributed by atoms with Crippen molar-refractivity contribution in [2.75, 3.05) is 0 Å². The summed E-state index contributed by atoms with van der Waals surface area (Å²) in [5, 5.41) is 2.52. The van der Waals surface area contributed by atoms with E-state index < -0.39 is 5.41 Å². The van der Waals surface area contributed by atoms with Gasteiger partial charge < -0.3 is 4.57 Å². The number of benzene rings is 7. The summed E-state index contributed by atoms with van der Waals surface area (Å²) < 4.78 is 3.78. The van der Waals surface area contributed by atoms with E-state index in [-0.39, 0.29) is 0 Å². The van der Waals surface area contributed by atoms with Crippen molar-refractivity contribution in [2.24, 2.45) is 5.92 Å². The molecular weight excluding hydrogens is 694 g/mol. The summed E-state index contributed by atoms with van der Waals surface area (Å²) in [6.45, 7) is 2.28. The Kier molecular flexibility index (Phi) is 7.30. The molecule has 0 saturated carbocycles. The van der Waals surface area contributed by atoms with Crippen LogP contribution in [0.15, 0.2) is 186 Å². The molecule has 1 atom stereocenters. The number of hydrogen-bond donors (Lipinski definition) is 0. The number of rotatable bonds is 5. The van der Waals surface area contributed by atoms with Gasteiger partial charge in [-0.1, -0.05) is 175 Å². The summed E-state index contributed by atoms with van der Waals surface area (Å²) in [5.74, 6) is 0.489. The summed E-state index contributed by atoms with van der Waals surface area (Å²) in [6.07, 6.45) is 5.51. The highest BCUT2D eigenvalue weighted by Gasteiger charge is 2.47. The van der Waals surface area contributed by atoms with E-state index >= 15 is 0 Å². The van der Waals surface area contributed by atoms with Crippen molar-refractivity contribution in [1.82, 2.24) is 4.57 Å². The maximum absolute atomic E-state index is 3.73. The van der Waals surface area contributed by atoms with Crippen LogP contribution in [0.4, 0.5) is 0 Å². The van der Waals surface area contributed by atoms with Crippen molar-refractivity contribution in [1.29, 1.82) is 0 Å². The molecule has 0 N–H and O–H groups in total. The standard InChI is InChI=1S/C50H36BrN/c1-33-30-36(26-28-45(33)51)34-14-12-15-35(31-34)37-27-29-47-42(32-37)40-20-9-11-24-46(40)52(47)48-25-13-23-44-49(48)41-21-8-10-22-43(41)50(44,38-16-4-2-5-17-38)39-18-6-3-7-19-39/h2-29,31-33H,30H2,1H3. The van der Waals surface area contributed by atoms with Crippen LogP contribution < -0.4 is 0 Å². The third kappa shape index (κ3) is 4.60. The van der Waals surface area contributed by atoms with Gasteiger partial charge in [-0.05, 0) is 97.2 Å². The van der Waals surface area contributed by atoms with E-state index in [1.165, 1.54) is 87.6 Å². The average Bonchev–Trinajstić information content (AvgIpc) is 3.70. The Labute approximate surface area is 313 Å². The van der Waals surface area contributed by atoms with E-state index in [2.05, 4.69) is 209 Å². The second kappa shape index (κ2) is 12.2. The number of aromatic nitrogens is 1. The first-order valence-electron chi connectivity index (χ1n) is 18.2. The highest BCUT2D eigenvalue weighted by Crippen LogP contribution is 2.58. The Morgan fingerprint density at radius 3 is 1.96 bits per heavy atom. The van der Waals surface area contributed by atoms with Gasteiger partial charge in [0.25, 0.3) is 0 Å². The molecular formula is C50H36BrN. The monoisotopic (exact) mass is 729 g/mol. The van der Waals surface area contributed by atoms with E-state index in [0.717, 1.165) is 6.42 Å². The maximum Gasteiger partial charge on any atom is 0.0714 e. The largest absolute Gasteiger partial charge is 0.309 e. The summed E-state index contributed by atoms with van der Waals surface area (Å²) >= 11 is 3.73. The van der Waals surface area contributed by atoms with Crippen LogP contribution >= 0.6 is 15.9 Å². The van der Waals surface area contributed by atoms with Crippen LogP contribution in [-0.4, -0.2) is 4.57 Å². The SMILES string of the molecule is CC1CC(c2cccc(-c3ccc4c(c3)c3ccccc3n4-c3cccc4c3-c3ccccc3C4(c3ccccc3)c3ccccc3)c2)=CC=C1Br. The van der Waals surface area contributed by atoms with Crippen molar-refractivity contribution in [3.8, 4) is 27.9 Å². The van der Waals surface area contributed by atoms with Gasteiger partial charge in [0.1, 0.15) is 0 Å². The molecule has 0 aliphatic heterocycles. The Morgan fingerprint density at radius 1 is 0.538 bits per heavy atom. The topological polar surface area (TPSA) is 4.93 Å². The Balaban J connectivity index is 1.20. The molecule has 2 heteroatoms. The summed E-state index contributed by atoms with van der Waals surface area (Å²) in [6, 6.07) is 63.1. The maximum atomic E-state index is 3.73. The van der Waals surface area contributed by atoms with E-state index in [1.54, 1.807) is 0 Å². The molecule has 1 nitrogen and oxygen atoms in total. The van der Waals surface area contributed by atoms with Gasteiger partial charge >= 0.3 is 0 Å². The normalized spacial score (nSPS) is 16.0. The fourth-order valence-corrected chi connectivity index (χ4v) is 9.32. The quantitative estimate of drug-likeness (QED) is 0.166. The summed E-state index contributed by atoms with van der Waals surface area (Å²) in [7, 11) is 0. The fourth-order valence-electron chi connectivity index (χ4n) is 9.02. The van der Waals surface area contributed by atoms with Crippen molar-refractivity contribution >= 4 is 43.3 Å². The van der Waals surface area contributed by atoms with Crippen LogP contribution in [0.25, 0.3) is 55.3 Å². The first-order chi connectivity index (χ1) is 25.6. The number of halogens is 1. The molecule has 0 fully saturated rings. The average molecular weight is 731 g/mol. The minimum atomic E-state index is -0.446.